The summed E-state index contributed by atoms with van der Waals surface area (Å²) in [6.45, 7) is 3.62. The predicted molar refractivity (Wildman–Crippen MR) is 108 cm³/mol. The largest absolute Gasteiger partial charge is 0.358 e. The zero-order valence-corrected chi connectivity index (χ0v) is 16.7. The van der Waals surface area contributed by atoms with Gasteiger partial charge in [-0.1, -0.05) is 46.9 Å². The highest BCUT2D eigenvalue weighted by molar-refractivity contribution is 6.36. The first-order valence-corrected chi connectivity index (χ1v) is 9.15. The lowest BCUT2D eigenvalue weighted by atomic mass is 10.2. The van der Waals surface area contributed by atoms with Gasteiger partial charge in [-0.3, -0.25) is 4.90 Å². The van der Waals surface area contributed by atoms with E-state index in [1.165, 1.54) is 11.0 Å². The smallest absolute Gasteiger partial charge is 0.290 e. The summed E-state index contributed by atoms with van der Waals surface area (Å²) in [6, 6.07) is 10.7. The predicted octanol–water partition coefficient (Wildman–Crippen LogP) is 4.88. The summed E-state index contributed by atoms with van der Waals surface area (Å²) in [7, 11) is 0. The Hall–Kier alpha value is -2.28. The van der Waals surface area contributed by atoms with E-state index in [4.69, 9.17) is 34.8 Å². The van der Waals surface area contributed by atoms with Gasteiger partial charge in [-0.15, -0.1) is 0 Å². The van der Waals surface area contributed by atoms with Crippen molar-refractivity contribution in [2.45, 2.75) is 19.9 Å². The van der Waals surface area contributed by atoms with Crippen LogP contribution in [0.3, 0.4) is 0 Å². The molecule has 0 unspecified atom stereocenters. The van der Waals surface area contributed by atoms with Crippen LogP contribution in [0.1, 0.15) is 13.8 Å². The van der Waals surface area contributed by atoms with Crippen LogP contribution in [0.5, 0.6) is 0 Å². The maximum absolute atomic E-state index is 13.1. The molecule has 9 heteroatoms. The van der Waals surface area contributed by atoms with Gasteiger partial charge >= 0.3 is 11.7 Å². The Morgan fingerprint density at radius 2 is 1.78 bits per heavy atom. The number of carbonyl (C=O) groups is 1. The topological polar surface area (TPSA) is 60.1 Å². The third-order valence-corrected chi connectivity index (χ3v) is 4.71. The molecule has 0 spiro atoms. The van der Waals surface area contributed by atoms with Gasteiger partial charge in [-0.25, -0.2) is 9.59 Å². The molecule has 0 radical (unpaired) electrons. The maximum atomic E-state index is 13.1. The molecule has 0 aliphatic rings. The van der Waals surface area contributed by atoms with Crippen molar-refractivity contribution in [3.05, 3.63) is 74.3 Å². The van der Waals surface area contributed by atoms with Gasteiger partial charge in [0.15, 0.2) is 0 Å². The number of anilines is 1. The Morgan fingerprint density at radius 3 is 2.41 bits per heavy atom. The van der Waals surface area contributed by atoms with E-state index >= 15 is 0 Å². The van der Waals surface area contributed by atoms with Gasteiger partial charge in [0.1, 0.15) is 6.33 Å². The molecular weight excluding hydrogens is 411 g/mol. The molecule has 27 heavy (non-hydrogen) atoms. The number of hydrogen-bond donors (Lipinski definition) is 0. The molecule has 140 valence electrons. The van der Waals surface area contributed by atoms with Gasteiger partial charge in [0.25, 0.3) is 0 Å². The number of carbonyl (C=O) groups excluding carboxylic acids is 1. The van der Waals surface area contributed by atoms with Gasteiger partial charge in [0, 0.05) is 11.1 Å². The molecule has 0 bridgehead atoms. The summed E-state index contributed by atoms with van der Waals surface area (Å²) >= 11 is 18.3. The van der Waals surface area contributed by atoms with E-state index in [2.05, 4.69) is 5.10 Å². The molecule has 1 heterocycles. The monoisotopic (exact) mass is 424 g/mol. The van der Waals surface area contributed by atoms with Crippen LogP contribution in [-0.2, 0) is 0 Å². The zero-order valence-electron chi connectivity index (χ0n) is 14.4. The molecule has 3 aromatic rings. The Morgan fingerprint density at radius 1 is 1.07 bits per heavy atom. The molecule has 0 aliphatic heterocycles. The third-order valence-electron chi connectivity index (χ3n) is 3.85. The number of hydrogen-bond acceptors (Lipinski definition) is 3. The molecule has 1 aromatic heterocycles. The van der Waals surface area contributed by atoms with Gasteiger partial charge in [-0.2, -0.15) is 14.3 Å². The molecule has 3 rings (SSSR count). The number of halogens is 3. The number of rotatable bonds is 3. The van der Waals surface area contributed by atoms with Crippen LogP contribution >= 0.6 is 34.8 Å². The summed E-state index contributed by atoms with van der Waals surface area (Å²) in [5, 5.41) is 5.12. The first-order chi connectivity index (χ1) is 12.8. The lowest BCUT2D eigenvalue weighted by Gasteiger charge is -2.27. The number of benzene rings is 2. The SMILES string of the molecule is CC(C)N(C(=O)n1cnn(-c2ccccc2Cl)c1=O)c1ccc(Cl)cc1Cl. The summed E-state index contributed by atoms with van der Waals surface area (Å²) in [5.41, 5.74) is 0.193. The van der Waals surface area contributed by atoms with Crippen LogP contribution in [0, 0.1) is 0 Å². The third kappa shape index (κ3) is 3.74. The van der Waals surface area contributed by atoms with Crippen LogP contribution < -0.4 is 10.6 Å². The van der Waals surface area contributed by atoms with Crippen LogP contribution in [0.4, 0.5) is 10.5 Å². The van der Waals surface area contributed by atoms with E-state index in [0.717, 1.165) is 15.6 Å². The number of para-hydroxylation sites is 1. The Labute approximate surface area is 170 Å². The Balaban J connectivity index is 2.06. The van der Waals surface area contributed by atoms with Gasteiger partial charge < -0.3 is 0 Å². The fraction of sp³-hybridized carbons (Fsp3) is 0.167. The quantitative estimate of drug-likeness (QED) is 0.601. The number of amides is 1. The standard InChI is InChI=1S/C18H15Cl3N4O2/c1-11(2)24(15-8-7-12(19)9-14(15)21)17(26)23-10-22-25(18(23)27)16-6-4-3-5-13(16)20/h3-11H,1-2H3. The highest BCUT2D eigenvalue weighted by atomic mass is 35.5. The summed E-state index contributed by atoms with van der Waals surface area (Å²) in [5.74, 6) is 0. The first kappa shape index (κ1) is 19.5. The molecule has 0 saturated heterocycles. The number of aromatic nitrogens is 3. The second-order valence-electron chi connectivity index (χ2n) is 5.99. The van der Waals surface area contributed by atoms with Gasteiger partial charge in [0.05, 0.1) is 21.4 Å². The maximum Gasteiger partial charge on any atom is 0.358 e. The summed E-state index contributed by atoms with van der Waals surface area (Å²) in [4.78, 5) is 27.3. The molecule has 0 atom stereocenters. The second-order valence-corrected chi connectivity index (χ2v) is 7.24. The van der Waals surface area contributed by atoms with E-state index in [-0.39, 0.29) is 6.04 Å². The molecular formula is C18H15Cl3N4O2. The molecule has 0 aliphatic carbocycles. The van der Waals surface area contributed by atoms with Crippen molar-refractivity contribution >= 4 is 46.5 Å². The molecule has 2 aromatic carbocycles. The van der Waals surface area contributed by atoms with E-state index in [0.29, 0.717) is 26.4 Å². The van der Waals surface area contributed by atoms with E-state index in [1.54, 1.807) is 36.4 Å². The fourth-order valence-electron chi connectivity index (χ4n) is 2.62. The van der Waals surface area contributed by atoms with E-state index < -0.39 is 11.7 Å². The van der Waals surface area contributed by atoms with E-state index in [9.17, 15) is 9.59 Å². The minimum absolute atomic E-state index is 0.272. The zero-order chi connectivity index (χ0) is 19.7. The minimum Gasteiger partial charge on any atom is -0.290 e. The molecule has 0 saturated carbocycles. The van der Waals surface area contributed by atoms with Gasteiger partial charge in [0.2, 0.25) is 0 Å². The first-order valence-electron chi connectivity index (χ1n) is 8.01. The lowest BCUT2D eigenvalue weighted by molar-refractivity contribution is 0.245. The van der Waals surface area contributed by atoms with Crippen molar-refractivity contribution in [2.24, 2.45) is 0 Å². The average Bonchev–Trinajstić information content (AvgIpc) is 2.98. The second kappa shape index (κ2) is 7.76. The van der Waals surface area contributed by atoms with Crippen LogP contribution in [0.25, 0.3) is 5.69 Å². The molecule has 6 nitrogen and oxygen atoms in total. The van der Waals surface area contributed by atoms with Crippen LogP contribution in [0.2, 0.25) is 15.1 Å². The normalized spacial score (nSPS) is 11.0. The van der Waals surface area contributed by atoms with Crippen molar-refractivity contribution in [3.8, 4) is 5.69 Å². The van der Waals surface area contributed by atoms with E-state index in [1.807, 2.05) is 13.8 Å². The lowest BCUT2D eigenvalue weighted by Crippen LogP contribution is -2.44. The minimum atomic E-state index is -0.635. The highest BCUT2D eigenvalue weighted by Crippen LogP contribution is 2.30. The average molecular weight is 426 g/mol. The van der Waals surface area contributed by atoms with Crippen LogP contribution in [0.15, 0.2) is 53.6 Å². The molecule has 0 N–H and O–H groups in total. The number of nitrogens with zero attached hydrogens (tertiary/aromatic N) is 4. The van der Waals surface area contributed by atoms with Crippen LogP contribution in [-0.4, -0.2) is 26.4 Å². The molecule has 1 amide bonds. The van der Waals surface area contributed by atoms with Crippen molar-refractivity contribution < 1.29 is 4.79 Å². The molecule has 0 fully saturated rings. The van der Waals surface area contributed by atoms with Crippen molar-refractivity contribution in [1.29, 1.82) is 0 Å². The van der Waals surface area contributed by atoms with Crippen molar-refractivity contribution in [1.82, 2.24) is 14.3 Å². The summed E-state index contributed by atoms with van der Waals surface area (Å²) < 4.78 is 1.98. The van der Waals surface area contributed by atoms with Gasteiger partial charge in [-0.05, 0) is 44.2 Å². The van der Waals surface area contributed by atoms with Crippen molar-refractivity contribution in [3.63, 3.8) is 0 Å². The Bertz CT molecular complexity index is 1060. The van der Waals surface area contributed by atoms with Crippen molar-refractivity contribution in [2.75, 3.05) is 4.90 Å². The highest BCUT2D eigenvalue weighted by Gasteiger charge is 2.26. The Kier molecular flexibility index (Phi) is 5.60. The summed E-state index contributed by atoms with van der Waals surface area (Å²) in [6.07, 6.45) is 1.16. The fourth-order valence-corrected chi connectivity index (χ4v) is 3.33.